The second kappa shape index (κ2) is 8.22. The van der Waals surface area contributed by atoms with Crippen LogP contribution in [0.5, 0.6) is 5.75 Å². The highest BCUT2D eigenvalue weighted by atomic mass is 79.9. The molecule has 0 saturated heterocycles. The number of ether oxygens (including phenoxy) is 1. The highest BCUT2D eigenvalue weighted by molar-refractivity contribution is 9.10. The second-order valence-corrected chi connectivity index (χ2v) is 7.06. The average molecular weight is 426 g/mol. The van der Waals surface area contributed by atoms with Gasteiger partial charge < -0.3 is 9.64 Å². The molecule has 0 aromatic heterocycles. The summed E-state index contributed by atoms with van der Waals surface area (Å²) in [6, 6.07) is 17.3. The van der Waals surface area contributed by atoms with Crippen LogP contribution in [0.3, 0.4) is 0 Å². The van der Waals surface area contributed by atoms with E-state index in [4.69, 9.17) is 4.74 Å². The van der Waals surface area contributed by atoms with E-state index in [0.29, 0.717) is 11.3 Å². The van der Waals surface area contributed by atoms with Gasteiger partial charge in [-0.3, -0.25) is 4.79 Å². The van der Waals surface area contributed by atoms with Crippen LogP contribution in [0.1, 0.15) is 15.9 Å². The van der Waals surface area contributed by atoms with Crippen molar-refractivity contribution >= 4 is 44.5 Å². The quantitative estimate of drug-likeness (QED) is 0.485. The summed E-state index contributed by atoms with van der Waals surface area (Å²) in [6.45, 7) is 0. The molecule has 6 heteroatoms. The zero-order chi connectivity index (χ0) is 19.4. The zero-order valence-electron chi connectivity index (χ0n) is 15.4. The third kappa shape index (κ3) is 4.28. The topological polar surface area (TPSA) is 53.9 Å². The van der Waals surface area contributed by atoms with E-state index in [9.17, 15) is 4.79 Å². The minimum Gasteiger partial charge on any atom is -0.496 e. The van der Waals surface area contributed by atoms with Crippen molar-refractivity contribution in [3.8, 4) is 5.75 Å². The fraction of sp³-hybridized carbons (Fsp3) is 0.143. The molecular weight excluding hydrogens is 406 g/mol. The molecular formula is C21H20BrN3O2. The van der Waals surface area contributed by atoms with Gasteiger partial charge in [0.05, 0.1) is 24.6 Å². The van der Waals surface area contributed by atoms with Crippen molar-refractivity contribution in [2.75, 3.05) is 26.1 Å². The summed E-state index contributed by atoms with van der Waals surface area (Å²) in [5.41, 5.74) is 4.95. The molecule has 27 heavy (non-hydrogen) atoms. The van der Waals surface area contributed by atoms with Gasteiger partial charge in [-0.15, -0.1) is 0 Å². The second-order valence-electron chi connectivity index (χ2n) is 6.20. The Hall–Kier alpha value is -2.86. The molecule has 0 atom stereocenters. The summed E-state index contributed by atoms with van der Waals surface area (Å²) < 4.78 is 6.32. The summed E-state index contributed by atoms with van der Waals surface area (Å²) in [5.74, 6) is 0.192. The van der Waals surface area contributed by atoms with Gasteiger partial charge >= 0.3 is 0 Å². The molecule has 0 spiro atoms. The Balaban J connectivity index is 1.78. The predicted molar refractivity (Wildman–Crippen MR) is 114 cm³/mol. The minimum atomic E-state index is -0.321. The SMILES string of the molecule is COc1cc2ccccc2cc1C(=O)N/N=C\c1ccc(N(C)C)c(Br)c1. The number of hydrogen-bond acceptors (Lipinski definition) is 4. The number of carbonyl (C=O) groups excluding carboxylic acids is 1. The summed E-state index contributed by atoms with van der Waals surface area (Å²) in [7, 11) is 5.50. The van der Waals surface area contributed by atoms with Crippen LogP contribution in [0.25, 0.3) is 10.8 Å². The van der Waals surface area contributed by atoms with Gasteiger partial charge in [-0.25, -0.2) is 5.43 Å². The molecule has 0 fully saturated rings. The first-order chi connectivity index (χ1) is 13.0. The number of benzene rings is 3. The van der Waals surface area contributed by atoms with E-state index in [1.807, 2.05) is 73.6 Å². The molecule has 0 heterocycles. The maximum absolute atomic E-state index is 12.5. The lowest BCUT2D eigenvalue weighted by atomic mass is 10.1. The third-order valence-electron chi connectivity index (χ3n) is 4.15. The van der Waals surface area contributed by atoms with Gasteiger partial charge in [-0.2, -0.15) is 5.10 Å². The van der Waals surface area contributed by atoms with E-state index in [1.54, 1.807) is 13.3 Å². The Morgan fingerprint density at radius 2 is 1.81 bits per heavy atom. The Labute approximate surface area is 166 Å². The van der Waals surface area contributed by atoms with Gasteiger partial charge in [-0.05, 0) is 56.5 Å². The van der Waals surface area contributed by atoms with Crippen LogP contribution in [0.2, 0.25) is 0 Å². The lowest BCUT2D eigenvalue weighted by Crippen LogP contribution is -2.18. The number of halogens is 1. The molecule has 138 valence electrons. The lowest BCUT2D eigenvalue weighted by Gasteiger charge is -2.14. The number of methoxy groups -OCH3 is 1. The van der Waals surface area contributed by atoms with Crippen molar-refractivity contribution in [1.29, 1.82) is 0 Å². The molecule has 1 amide bonds. The highest BCUT2D eigenvalue weighted by Crippen LogP contribution is 2.26. The van der Waals surface area contributed by atoms with Crippen molar-refractivity contribution in [2.24, 2.45) is 5.10 Å². The fourth-order valence-electron chi connectivity index (χ4n) is 2.76. The van der Waals surface area contributed by atoms with Gasteiger partial charge in [0, 0.05) is 18.6 Å². The van der Waals surface area contributed by atoms with Crippen molar-refractivity contribution in [1.82, 2.24) is 5.43 Å². The lowest BCUT2D eigenvalue weighted by molar-refractivity contribution is 0.0952. The number of hydrogen-bond donors (Lipinski definition) is 1. The number of nitrogens with zero attached hydrogens (tertiary/aromatic N) is 2. The van der Waals surface area contributed by atoms with Crippen LogP contribution in [0, 0.1) is 0 Å². The number of amides is 1. The molecule has 0 aliphatic heterocycles. The van der Waals surface area contributed by atoms with Crippen molar-refractivity contribution in [3.05, 3.63) is 70.2 Å². The molecule has 0 unspecified atom stereocenters. The van der Waals surface area contributed by atoms with Gasteiger partial charge in [0.15, 0.2) is 0 Å². The molecule has 0 bridgehead atoms. The third-order valence-corrected chi connectivity index (χ3v) is 4.78. The first kappa shape index (κ1) is 18.9. The van der Waals surface area contributed by atoms with E-state index >= 15 is 0 Å². The van der Waals surface area contributed by atoms with Gasteiger partial charge in [-0.1, -0.05) is 30.3 Å². The van der Waals surface area contributed by atoms with Crippen LogP contribution >= 0.6 is 15.9 Å². The normalized spacial score (nSPS) is 11.0. The predicted octanol–water partition coefficient (Wildman–Crippen LogP) is 4.44. The molecule has 3 rings (SSSR count). The summed E-state index contributed by atoms with van der Waals surface area (Å²) >= 11 is 3.54. The van der Waals surface area contributed by atoms with E-state index < -0.39 is 0 Å². The van der Waals surface area contributed by atoms with Gasteiger partial charge in [0.25, 0.3) is 5.91 Å². The standard InChI is InChI=1S/C21H20BrN3O2/c1-25(2)19-9-8-14(10-18(19)22)13-23-24-21(26)17-11-15-6-4-5-7-16(15)12-20(17)27-3/h4-13H,1-3H3,(H,24,26)/b23-13-. The van der Waals surface area contributed by atoms with Crippen LogP contribution in [-0.4, -0.2) is 33.3 Å². The molecule has 5 nitrogen and oxygen atoms in total. The summed E-state index contributed by atoms with van der Waals surface area (Å²) in [5, 5.41) is 6.06. The largest absolute Gasteiger partial charge is 0.496 e. The number of hydrazone groups is 1. The first-order valence-electron chi connectivity index (χ1n) is 8.36. The Kier molecular flexibility index (Phi) is 5.76. The van der Waals surface area contributed by atoms with E-state index in [1.165, 1.54) is 0 Å². The molecule has 1 N–H and O–H groups in total. The number of nitrogens with one attached hydrogen (secondary N) is 1. The van der Waals surface area contributed by atoms with Gasteiger partial charge in [0.1, 0.15) is 5.75 Å². The smallest absolute Gasteiger partial charge is 0.275 e. The molecule has 3 aromatic carbocycles. The molecule has 0 aliphatic rings. The van der Waals surface area contributed by atoms with Gasteiger partial charge in [0.2, 0.25) is 0 Å². The Bertz CT molecular complexity index is 1020. The van der Waals surface area contributed by atoms with E-state index in [-0.39, 0.29) is 5.91 Å². The van der Waals surface area contributed by atoms with E-state index in [2.05, 4.69) is 26.5 Å². The highest BCUT2D eigenvalue weighted by Gasteiger charge is 2.13. The maximum atomic E-state index is 12.5. The number of fused-ring (bicyclic) bond motifs is 1. The minimum absolute atomic E-state index is 0.321. The molecule has 3 aromatic rings. The zero-order valence-corrected chi connectivity index (χ0v) is 16.9. The monoisotopic (exact) mass is 425 g/mol. The maximum Gasteiger partial charge on any atom is 0.275 e. The van der Waals surface area contributed by atoms with E-state index in [0.717, 1.165) is 26.5 Å². The Morgan fingerprint density at radius 1 is 1.11 bits per heavy atom. The average Bonchev–Trinajstić information content (AvgIpc) is 2.66. The molecule has 0 aliphatic carbocycles. The molecule has 0 radical (unpaired) electrons. The summed E-state index contributed by atoms with van der Waals surface area (Å²) in [6.07, 6.45) is 1.61. The Morgan fingerprint density at radius 3 is 2.44 bits per heavy atom. The summed E-state index contributed by atoms with van der Waals surface area (Å²) in [4.78, 5) is 14.6. The van der Waals surface area contributed by atoms with Crippen LogP contribution in [0.4, 0.5) is 5.69 Å². The fourth-order valence-corrected chi connectivity index (χ4v) is 3.51. The van der Waals surface area contributed by atoms with Crippen LogP contribution in [0.15, 0.2) is 64.2 Å². The number of carbonyl (C=O) groups is 1. The number of rotatable bonds is 5. The van der Waals surface area contributed by atoms with Crippen LogP contribution < -0.4 is 15.1 Å². The molecule has 0 saturated carbocycles. The van der Waals surface area contributed by atoms with Crippen molar-refractivity contribution in [2.45, 2.75) is 0 Å². The van der Waals surface area contributed by atoms with Crippen molar-refractivity contribution in [3.63, 3.8) is 0 Å². The van der Waals surface area contributed by atoms with Crippen molar-refractivity contribution < 1.29 is 9.53 Å². The first-order valence-corrected chi connectivity index (χ1v) is 9.16. The van der Waals surface area contributed by atoms with Crippen LogP contribution in [-0.2, 0) is 0 Å². The number of anilines is 1.